The van der Waals surface area contributed by atoms with Gasteiger partial charge in [0.25, 0.3) is 0 Å². The Bertz CT molecular complexity index is 1440. The number of benzene rings is 3. The van der Waals surface area contributed by atoms with Crippen LogP contribution < -0.4 is 4.57 Å². The molecule has 0 saturated heterocycles. The fourth-order valence-electron chi connectivity index (χ4n) is 4.80. The van der Waals surface area contributed by atoms with Crippen LogP contribution in [0.15, 0.2) is 78.7 Å². The maximum Gasteiger partial charge on any atom is 0.155 e. The van der Waals surface area contributed by atoms with E-state index in [-0.39, 0.29) is 37.5 Å². The number of allylic oxidation sites excluding steroid dienone is 2. The molecule has 1 aromatic heterocycles. The van der Waals surface area contributed by atoms with Gasteiger partial charge in [-0.3, -0.25) is 4.79 Å². The van der Waals surface area contributed by atoms with Gasteiger partial charge < -0.3 is 9.67 Å². The Labute approximate surface area is 219 Å². The van der Waals surface area contributed by atoms with E-state index in [1.807, 2.05) is 29.0 Å². The molecule has 1 N–H and O–H groups in total. The Kier molecular flexibility index (Phi) is 7.64. The predicted octanol–water partition coefficient (Wildman–Crippen LogP) is 6.71. The second-order valence-electron chi connectivity index (χ2n) is 9.05. The van der Waals surface area contributed by atoms with E-state index in [1.54, 1.807) is 6.07 Å². The van der Waals surface area contributed by atoms with Crippen molar-refractivity contribution < 1.29 is 39.0 Å². The number of halogens is 1. The van der Waals surface area contributed by atoms with E-state index in [1.165, 1.54) is 26.0 Å². The molecule has 0 amide bonds. The second-order valence-corrected chi connectivity index (χ2v) is 9.05. The molecule has 0 unspecified atom stereocenters. The number of hydrogen-bond donors (Lipinski definition) is 1. The molecule has 3 aromatic carbocycles. The first-order chi connectivity index (χ1) is 16.1. The van der Waals surface area contributed by atoms with Crippen LogP contribution in [0.4, 0.5) is 4.39 Å². The van der Waals surface area contributed by atoms with Gasteiger partial charge in [-0.2, -0.15) is 0 Å². The average molecular weight is 645 g/mol. The van der Waals surface area contributed by atoms with E-state index in [4.69, 9.17) is 5.11 Å². The van der Waals surface area contributed by atoms with Crippen molar-refractivity contribution in [3.8, 4) is 22.4 Å². The zero-order valence-corrected chi connectivity index (χ0v) is 22.5. The van der Waals surface area contributed by atoms with Crippen LogP contribution in [0.1, 0.15) is 38.8 Å². The molecule has 5 heteroatoms. The first-order valence-electron chi connectivity index (χ1n) is 11.1. The first kappa shape index (κ1) is 26.3. The zero-order valence-electron chi connectivity index (χ0n) is 20.1. The Hall–Kier alpha value is -3.27. The quantitative estimate of drug-likeness (QED) is 0.114. The molecule has 0 spiro atoms. The largest absolute Gasteiger partial charge is 0.512 e. The van der Waals surface area contributed by atoms with Gasteiger partial charge >= 0.3 is 0 Å². The minimum absolute atomic E-state index is 0. The number of fused-ring (bicyclic) bond motifs is 2. The molecular formula is C30H27FIrNO2-. The minimum atomic E-state index is -0.452. The van der Waals surface area contributed by atoms with E-state index in [0.29, 0.717) is 5.56 Å². The molecule has 3 nitrogen and oxygen atoms in total. The van der Waals surface area contributed by atoms with E-state index < -0.39 is 5.41 Å². The number of rotatable bonds is 2. The summed E-state index contributed by atoms with van der Waals surface area (Å²) >= 11 is 0. The van der Waals surface area contributed by atoms with Crippen LogP contribution in [0.5, 0.6) is 0 Å². The van der Waals surface area contributed by atoms with Gasteiger partial charge in [-0.1, -0.05) is 73.5 Å². The van der Waals surface area contributed by atoms with Crippen molar-refractivity contribution in [3.05, 3.63) is 109 Å². The van der Waals surface area contributed by atoms with E-state index in [2.05, 4.69) is 57.3 Å². The standard InChI is InChI=1S/C25H19FN.C5H8O2.Ir/c1-25(2)20-13-7-11-17-19(16-9-5-4-6-10-16)15-27(3)24(22(17)20)18-12-8-14-21(26)23(18)25;1-4(6)3-5(2)7;/h4-11,13-15H,3H2,1-2H3;3,6H,1-2H3;/q-1;;. The fourth-order valence-corrected chi connectivity index (χ4v) is 4.80. The average Bonchev–Trinajstić information content (AvgIpc) is 2.77. The summed E-state index contributed by atoms with van der Waals surface area (Å²) in [4.78, 5) is 10.0. The summed E-state index contributed by atoms with van der Waals surface area (Å²) < 4.78 is 16.7. The molecule has 4 aromatic rings. The maximum atomic E-state index is 14.9. The third kappa shape index (κ3) is 4.79. The van der Waals surface area contributed by atoms with E-state index in [0.717, 1.165) is 38.7 Å². The summed E-state index contributed by atoms with van der Waals surface area (Å²) in [6, 6.07) is 23.1. The van der Waals surface area contributed by atoms with Crippen LogP contribution in [0, 0.1) is 18.9 Å². The molecule has 1 heterocycles. The van der Waals surface area contributed by atoms with Crippen molar-refractivity contribution in [1.29, 1.82) is 0 Å². The molecule has 0 bridgehead atoms. The molecule has 1 radical (unpaired) electrons. The van der Waals surface area contributed by atoms with Crippen LogP contribution in [0.2, 0.25) is 0 Å². The summed E-state index contributed by atoms with van der Waals surface area (Å²) in [6.45, 7) is 7.02. The maximum absolute atomic E-state index is 14.9. The Morgan fingerprint density at radius 2 is 1.77 bits per heavy atom. The normalized spacial score (nSPS) is 13.2. The van der Waals surface area contributed by atoms with Crippen LogP contribution in [-0.2, 0) is 30.3 Å². The molecule has 0 saturated carbocycles. The topological polar surface area (TPSA) is 41.2 Å². The van der Waals surface area contributed by atoms with Gasteiger partial charge in [-0.15, -0.1) is 18.2 Å². The van der Waals surface area contributed by atoms with Crippen LogP contribution in [-0.4, -0.2) is 10.9 Å². The summed E-state index contributed by atoms with van der Waals surface area (Å²) in [6.07, 6.45) is 3.21. The number of carbonyl (C=O) groups is 1. The number of aliphatic hydroxyl groups is 1. The molecule has 0 fully saturated rings. The van der Waals surface area contributed by atoms with Crippen molar-refractivity contribution >= 4 is 16.6 Å². The number of nitrogens with zero attached hydrogens (tertiary/aromatic N) is 1. The smallest absolute Gasteiger partial charge is 0.155 e. The van der Waals surface area contributed by atoms with Crippen LogP contribution >= 0.6 is 0 Å². The first-order valence-corrected chi connectivity index (χ1v) is 11.1. The fraction of sp³-hybridized carbons (Fsp3) is 0.167. The predicted molar refractivity (Wildman–Crippen MR) is 134 cm³/mol. The molecule has 181 valence electrons. The van der Waals surface area contributed by atoms with Crippen LogP contribution in [0.25, 0.3) is 33.2 Å². The van der Waals surface area contributed by atoms with Gasteiger partial charge in [-0.25, -0.2) is 4.39 Å². The molecule has 1 aliphatic carbocycles. The number of aliphatic hydroxyl groups excluding tert-OH is 1. The Balaban J connectivity index is 0.000000378. The summed E-state index contributed by atoms with van der Waals surface area (Å²) in [5, 5.41) is 10.7. The minimum Gasteiger partial charge on any atom is -0.512 e. The van der Waals surface area contributed by atoms with Crippen molar-refractivity contribution in [3.63, 3.8) is 0 Å². The van der Waals surface area contributed by atoms with Crippen molar-refractivity contribution in [2.45, 2.75) is 33.1 Å². The molecule has 35 heavy (non-hydrogen) atoms. The zero-order chi connectivity index (χ0) is 24.6. The Morgan fingerprint density at radius 1 is 1.09 bits per heavy atom. The van der Waals surface area contributed by atoms with Gasteiger partial charge in [-0.05, 0) is 41.3 Å². The van der Waals surface area contributed by atoms with Crippen LogP contribution in [0.3, 0.4) is 0 Å². The molecule has 0 aliphatic heterocycles. The van der Waals surface area contributed by atoms with Crippen molar-refractivity contribution in [2.75, 3.05) is 0 Å². The number of carbonyl (C=O) groups excluding carboxylic acids is 1. The van der Waals surface area contributed by atoms with E-state index >= 15 is 0 Å². The third-order valence-corrected chi connectivity index (χ3v) is 6.14. The van der Waals surface area contributed by atoms with Crippen molar-refractivity contribution in [1.82, 2.24) is 0 Å². The third-order valence-electron chi connectivity index (χ3n) is 6.14. The molecule has 1 aliphatic rings. The molecular weight excluding hydrogens is 618 g/mol. The summed E-state index contributed by atoms with van der Waals surface area (Å²) in [5.74, 6) is -0.254. The SMILES string of the molecule is CC(=O)C=C(C)O.[CH2-][n+]1cc(-c2ccccc2)c2cccc3c2c1-c1[c-]ccc(F)c1C3(C)C.[Ir]. The molecule has 0 atom stereocenters. The number of hydrogen-bond acceptors (Lipinski definition) is 2. The van der Waals surface area contributed by atoms with Gasteiger partial charge in [0.1, 0.15) is 5.69 Å². The number of pyridine rings is 1. The monoisotopic (exact) mass is 645 g/mol. The van der Waals surface area contributed by atoms with Gasteiger partial charge in [0.2, 0.25) is 0 Å². The Morgan fingerprint density at radius 3 is 2.37 bits per heavy atom. The van der Waals surface area contributed by atoms with Gasteiger partial charge in [0, 0.05) is 44.4 Å². The number of aromatic nitrogens is 1. The summed E-state index contributed by atoms with van der Waals surface area (Å²) in [5.41, 5.74) is 5.36. The van der Waals surface area contributed by atoms with Gasteiger partial charge in [0.15, 0.2) is 5.78 Å². The number of ketones is 1. The van der Waals surface area contributed by atoms with Gasteiger partial charge in [0.05, 0.1) is 12.0 Å². The summed E-state index contributed by atoms with van der Waals surface area (Å²) in [7, 11) is 4.25. The van der Waals surface area contributed by atoms with E-state index in [9.17, 15) is 9.18 Å². The second kappa shape index (κ2) is 10.1. The molecule has 5 rings (SSSR count). The van der Waals surface area contributed by atoms with Crippen molar-refractivity contribution in [2.24, 2.45) is 0 Å².